The van der Waals surface area contributed by atoms with Gasteiger partial charge in [0.2, 0.25) is 0 Å². The van der Waals surface area contributed by atoms with E-state index >= 15 is 0 Å². The molecule has 0 bridgehead atoms. The van der Waals surface area contributed by atoms with Crippen LogP contribution in [0.15, 0.2) is 58.8 Å². The van der Waals surface area contributed by atoms with Crippen LogP contribution >= 0.6 is 0 Å². The molecule has 1 heterocycles. The second kappa shape index (κ2) is 13.0. The molecule has 0 radical (unpaired) electrons. The quantitative estimate of drug-likeness (QED) is 0.256. The van der Waals surface area contributed by atoms with E-state index in [-0.39, 0.29) is 6.10 Å². The maximum atomic E-state index is 10.2. The fourth-order valence-electron chi connectivity index (χ4n) is 2.67. The van der Waals surface area contributed by atoms with Gasteiger partial charge in [-0.15, -0.1) is 0 Å². The molecule has 2 aromatic rings. The number of rotatable bonds is 9. The SMILES string of the molecule is CCC1CC(c2ccc(NCB=O)cc2)=NO1.O=BCNc1ccc(/C=N\O)cc1. The van der Waals surface area contributed by atoms with Gasteiger partial charge >= 0.3 is 176 Å². The van der Waals surface area contributed by atoms with E-state index in [0.717, 1.165) is 55.4 Å². The first-order chi connectivity index (χ1) is 14.7. The molecular weight excluding hydrogens is 382 g/mol. The number of nitrogens with one attached hydrogen (secondary N) is 2. The minimum absolute atomic E-state index is 0.220. The normalized spacial score (nSPS) is 14.6. The van der Waals surface area contributed by atoms with Crippen LogP contribution in [0.1, 0.15) is 30.9 Å². The van der Waals surface area contributed by atoms with Crippen molar-refractivity contribution in [1.82, 2.24) is 0 Å². The number of nitrogens with zero attached hydrogens (tertiary/aromatic N) is 2. The fourth-order valence-corrected chi connectivity index (χ4v) is 2.67. The van der Waals surface area contributed by atoms with Crippen molar-refractivity contribution in [2.45, 2.75) is 25.9 Å². The first kappa shape index (κ1) is 23.0. The van der Waals surface area contributed by atoms with E-state index in [1.54, 1.807) is 24.3 Å². The predicted molar refractivity (Wildman–Crippen MR) is 118 cm³/mol. The molecule has 0 aliphatic carbocycles. The summed E-state index contributed by atoms with van der Waals surface area (Å²) in [5, 5.41) is 21.1. The molecule has 3 rings (SSSR count). The van der Waals surface area contributed by atoms with Crippen molar-refractivity contribution in [3.8, 4) is 0 Å². The van der Waals surface area contributed by atoms with Crippen molar-refractivity contribution in [3.05, 3.63) is 59.7 Å². The molecule has 0 fully saturated rings. The van der Waals surface area contributed by atoms with Crippen molar-refractivity contribution in [1.29, 1.82) is 0 Å². The van der Waals surface area contributed by atoms with E-state index in [1.807, 2.05) is 24.3 Å². The minimum atomic E-state index is 0.220. The number of benzene rings is 2. The summed E-state index contributed by atoms with van der Waals surface area (Å²) in [4.78, 5) is 5.29. The number of hydrogen-bond acceptors (Lipinski definition) is 8. The van der Waals surface area contributed by atoms with E-state index in [0.29, 0.717) is 12.9 Å². The van der Waals surface area contributed by atoms with Crippen LogP contribution in [-0.2, 0) is 14.2 Å². The van der Waals surface area contributed by atoms with Gasteiger partial charge in [-0.25, -0.2) is 0 Å². The zero-order chi connectivity index (χ0) is 21.6. The molecule has 1 aliphatic heterocycles. The molecule has 154 valence electrons. The molecule has 0 amide bonds. The van der Waals surface area contributed by atoms with Crippen molar-refractivity contribution < 1.29 is 19.5 Å². The molecule has 30 heavy (non-hydrogen) atoms. The van der Waals surface area contributed by atoms with Gasteiger partial charge in [-0.2, -0.15) is 0 Å². The first-order valence-corrected chi connectivity index (χ1v) is 9.65. The van der Waals surface area contributed by atoms with Crippen LogP contribution in [0, 0.1) is 0 Å². The van der Waals surface area contributed by atoms with Crippen LogP contribution in [-0.4, -0.2) is 50.4 Å². The van der Waals surface area contributed by atoms with Gasteiger partial charge in [-0.1, -0.05) is 0 Å². The Bertz CT molecular complexity index is 858. The average molecular weight is 406 g/mol. The molecule has 0 saturated carbocycles. The molecule has 0 aromatic heterocycles. The van der Waals surface area contributed by atoms with Crippen molar-refractivity contribution in [3.63, 3.8) is 0 Å². The number of oxime groups is 2. The summed E-state index contributed by atoms with van der Waals surface area (Å²) in [6.07, 6.45) is 4.04. The predicted octanol–water partition coefficient (Wildman–Crippen LogP) is 2.92. The summed E-state index contributed by atoms with van der Waals surface area (Å²) in [6.45, 7) is 2.09. The topological polar surface area (TPSA) is 112 Å². The third-order valence-electron chi connectivity index (χ3n) is 4.30. The van der Waals surface area contributed by atoms with E-state index in [9.17, 15) is 9.41 Å². The first-order valence-electron chi connectivity index (χ1n) is 9.65. The van der Waals surface area contributed by atoms with Gasteiger partial charge in [0, 0.05) is 0 Å². The number of hydrogen-bond donors (Lipinski definition) is 3. The van der Waals surface area contributed by atoms with E-state index < -0.39 is 0 Å². The van der Waals surface area contributed by atoms with Crippen molar-refractivity contribution in [2.75, 3.05) is 23.5 Å². The van der Waals surface area contributed by atoms with Gasteiger partial charge in [-0.3, -0.25) is 0 Å². The Morgan fingerprint density at radius 1 is 1.07 bits per heavy atom. The van der Waals surface area contributed by atoms with Crippen LogP contribution in [0.3, 0.4) is 0 Å². The summed E-state index contributed by atoms with van der Waals surface area (Å²) >= 11 is 0. The second-order valence-corrected chi connectivity index (χ2v) is 6.42. The Morgan fingerprint density at radius 3 is 2.10 bits per heavy atom. The Kier molecular flexibility index (Phi) is 9.99. The molecular formula is C20H24B2N4O4. The molecule has 0 spiro atoms. The van der Waals surface area contributed by atoms with Gasteiger partial charge in [0.1, 0.15) is 0 Å². The molecule has 8 nitrogen and oxygen atoms in total. The molecule has 0 saturated heterocycles. The van der Waals surface area contributed by atoms with Gasteiger partial charge < -0.3 is 0 Å². The Balaban J connectivity index is 0.000000222. The molecule has 3 N–H and O–H groups in total. The van der Waals surface area contributed by atoms with E-state index in [2.05, 4.69) is 27.9 Å². The second-order valence-electron chi connectivity index (χ2n) is 6.42. The molecule has 1 unspecified atom stereocenters. The number of anilines is 2. The third kappa shape index (κ3) is 7.62. The van der Waals surface area contributed by atoms with Gasteiger partial charge in [0.05, 0.1) is 0 Å². The van der Waals surface area contributed by atoms with Crippen LogP contribution in [0.2, 0.25) is 0 Å². The van der Waals surface area contributed by atoms with Crippen molar-refractivity contribution >= 4 is 37.6 Å². The summed E-state index contributed by atoms with van der Waals surface area (Å²) in [5.41, 5.74) is 4.69. The summed E-state index contributed by atoms with van der Waals surface area (Å²) in [6, 6.07) is 15.1. The zero-order valence-corrected chi connectivity index (χ0v) is 16.8. The van der Waals surface area contributed by atoms with E-state index in [4.69, 9.17) is 10.0 Å². The van der Waals surface area contributed by atoms with Crippen LogP contribution in [0.25, 0.3) is 0 Å². The standard InChI is InChI=1S/C12H15BN2O2.C8H9BN2O2/c1-2-11-7-12(15-17-11)9-3-5-10(6-4-9)14-8-13-16;12-9-6-10-8-3-1-7(2-4-8)5-11-13/h3-6,11,14H,2,7-8H2,1H3;1-5,10,13H,6H2/b;11-5-. The Hall–Kier alpha value is -3.29. The Morgan fingerprint density at radius 2 is 1.63 bits per heavy atom. The molecule has 2 aromatic carbocycles. The monoisotopic (exact) mass is 406 g/mol. The zero-order valence-electron chi connectivity index (χ0n) is 16.8. The van der Waals surface area contributed by atoms with Gasteiger partial charge in [0.25, 0.3) is 0 Å². The van der Waals surface area contributed by atoms with E-state index in [1.165, 1.54) is 6.21 Å². The molecule has 1 aliphatic rings. The van der Waals surface area contributed by atoms with Crippen molar-refractivity contribution in [2.24, 2.45) is 10.3 Å². The summed E-state index contributed by atoms with van der Waals surface area (Å²) in [7, 11) is 1.64. The fraction of sp³-hybridized carbons (Fsp3) is 0.300. The summed E-state index contributed by atoms with van der Waals surface area (Å²) in [5.74, 6) is 0. The van der Waals surface area contributed by atoms with Gasteiger partial charge in [0.15, 0.2) is 0 Å². The van der Waals surface area contributed by atoms with Crippen LogP contribution < -0.4 is 10.6 Å². The molecule has 10 heteroatoms. The molecule has 1 atom stereocenters. The van der Waals surface area contributed by atoms with Crippen LogP contribution in [0.5, 0.6) is 0 Å². The third-order valence-corrected chi connectivity index (χ3v) is 4.30. The van der Waals surface area contributed by atoms with Gasteiger partial charge in [-0.05, 0) is 0 Å². The Labute approximate surface area is 176 Å². The van der Waals surface area contributed by atoms with Crippen LogP contribution in [0.4, 0.5) is 11.4 Å². The maximum absolute atomic E-state index is 10.2. The summed E-state index contributed by atoms with van der Waals surface area (Å²) < 4.78 is 20.3. The average Bonchev–Trinajstić information content (AvgIpc) is 3.28.